The molecule has 1 rings (SSSR count). The molecule has 0 bridgehead atoms. The fourth-order valence-electron chi connectivity index (χ4n) is 1.18. The van der Waals surface area contributed by atoms with Crippen LogP contribution in [-0.4, -0.2) is 21.3 Å². The second-order valence-electron chi connectivity index (χ2n) is 3.16. The highest BCUT2D eigenvalue weighted by Crippen LogP contribution is 2.16. The van der Waals surface area contributed by atoms with Crippen molar-refractivity contribution in [2.24, 2.45) is 5.90 Å². The van der Waals surface area contributed by atoms with Crippen LogP contribution in [0.2, 0.25) is 0 Å². The van der Waals surface area contributed by atoms with Crippen molar-refractivity contribution in [1.82, 2.24) is 0 Å². The zero-order valence-electron chi connectivity index (χ0n) is 8.23. The van der Waals surface area contributed by atoms with Crippen LogP contribution in [0.4, 0.5) is 4.39 Å². The van der Waals surface area contributed by atoms with E-state index in [2.05, 4.69) is 4.84 Å². The minimum atomic E-state index is -3.50. The number of sulfone groups is 1. The minimum Gasteiger partial charge on any atom is -0.304 e. The first-order valence-corrected chi connectivity index (χ1v) is 6.14. The first-order chi connectivity index (χ1) is 6.95. The van der Waals surface area contributed by atoms with Gasteiger partial charge >= 0.3 is 0 Å². The van der Waals surface area contributed by atoms with Crippen molar-refractivity contribution in [2.45, 2.75) is 11.3 Å². The summed E-state index contributed by atoms with van der Waals surface area (Å²) in [6.45, 7) is 0.262. The second kappa shape index (κ2) is 4.69. The second-order valence-corrected chi connectivity index (χ2v) is 5.14. The van der Waals surface area contributed by atoms with Crippen molar-refractivity contribution >= 4 is 9.84 Å². The Kier molecular flexibility index (Phi) is 3.78. The fourth-order valence-corrected chi connectivity index (χ4v) is 1.91. The van der Waals surface area contributed by atoms with Gasteiger partial charge in [-0.05, 0) is 24.1 Å². The molecule has 0 aromatic heterocycles. The Hall–Kier alpha value is -0.980. The molecule has 0 aliphatic rings. The van der Waals surface area contributed by atoms with E-state index in [0.29, 0.717) is 12.0 Å². The molecule has 4 nitrogen and oxygen atoms in total. The molecule has 0 saturated heterocycles. The lowest BCUT2D eigenvalue weighted by molar-refractivity contribution is 0.141. The predicted molar refractivity (Wildman–Crippen MR) is 53.4 cm³/mol. The summed E-state index contributed by atoms with van der Waals surface area (Å²) in [5, 5.41) is 0. The first-order valence-electron chi connectivity index (χ1n) is 4.25. The van der Waals surface area contributed by atoms with E-state index in [1.165, 1.54) is 12.1 Å². The predicted octanol–water partition coefficient (Wildman–Crippen LogP) is 0.662. The Bertz CT molecular complexity index is 445. The molecule has 0 unspecified atom stereocenters. The molecule has 0 aliphatic carbocycles. The van der Waals surface area contributed by atoms with Gasteiger partial charge in [-0.25, -0.2) is 18.7 Å². The van der Waals surface area contributed by atoms with E-state index in [4.69, 9.17) is 5.90 Å². The molecule has 0 atom stereocenters. The molecule has 0 spiro atoms. The van der Waals surface area contributed by atoms with E-state index >= 15 is 0 Å². The number of hydrogen-bond acceptors (Lipinski definition) is 4. The molecule has 15 heavy (non-hydrogen) atoms. The van der Waals surface area contributed by atoms with Gasteiger partial charge in [-0.15, -0.1) is 0 Å². The van der Waals surface area contributed by atoms with Crippen LogP contribution >= 0.6 is 0 Å². The maximum atomic E-state index is 13.3. The van der Waals surface area contributed by atoms with Crippen LogP contribution in [0.25, 0.3) is 0 Å². The number of halogens is 1. The monoisotopic (exact) mass is 233 g/mol. The van der Waals surface area contributed by atoms with Gasteiger partial charge in [0.05, 0.1) is 6.61 Å². The SMILES string of the molecule is CS(=O)(=O)c1ccc(CCON)cc1F. The molecule has 0 saturated carbocycles. The van der Waals surface area contributed by atoms with Crippen LogP contribution in [0.15, 0.2) is 23.1 Å². The van der Waals surface area contributed by atoms with Crippen LogP contribution in [-0.2, 0) is 21.1 Å². The van der Waals surface area contributed by atoms with Crippen molar-refractivity contribution < 1.29 is 17.6 Å². The zero-order valence-corrected chi connectivity index (χ0v) is 9.05. The van der Waals surface area contributed by atoms with Gasteiger partial charge in [-0.1, -0.05) is 6.07 Å². The third-order valence-electron chi connectivity index (χ3n) is 1.90. The van der Waals surface area contributed by atoms with E-state index in [9.17, 15) is 12.8 Å². The van der Waals surface area contributed by atoms with Crippen LogP contribution in [0, 0.1) is 5.82 Å². The smallest absolute Gasteiger partial charge is 0.178 e. The molecule has 1 aromatic carbocycles. The summed E-state index contributed by atoms with van der Waals surface area (Å²) in [5.74, 6) is 4.08. The highest BCUT2D eigenvalue weighted by Gasteiger charge is 2.13. The minimum absolute atomic E-state index is 0.262. The van der Waals surface area contributed by atoms with Gasteiger partial charge in [0.15, 0.2) is 9.84 Å². The normalized spacial score (nSPS) is 11.7. The molecule has 0 heterocycles. The number of nitrogens with two attached hydrogens (primary N) is 1. The first kappa shape index (κ1) is 12.1. The van der Waals surface area contributed by atoms with E-state index in [0.717, 1.165) is 6.26 Å². The standard InChI is InChI=1S/C9H12FNO3S/c1-15(12,13)9-3-2-7(4-5-14-11)6-8(9)10/h2-3,6H,4-5,11H2,1H3. The fraction of sp³-hybridized carbons (Fsp3) is 0.333. The molecule has 0 amide bonds. The molecule has 84 valence electrons. The highest BCUT2D eigenvalue weighted by molar-refractivity contribution is 7.90. The largest absolute Gasteiger partial charge is 0.304 e. The van der Waals surface area contributed by atoms with Gasteiger partial charge in [0.25, 0.3) is 0 Å². The van der Waals surface area contributed by atoms with Gasteiger partial charge in [-0.3, -0.25) is 0 Å². The Morgan fingerprint density at radius 2 is 2.13 bits per heavy atom. The highest BCUT2D eigenvalue weighted by atomic mass is 32.2. The molecule has 1 aromatic rings. The average Bonchev–Trinajstić information content (AvgIpc) is 2.12. The lowest BCUT2D eigenvalue weighted by atomic mass is 10.1. The molecule has 0 aliphatic heterocycles. The Labute approximate surface area is 87.7 Å². The summed E-state index contributed by atoms with van der Waals surface area (Å²) in [6, 6.07) is 3.96. The number of benzene rings is 1. The number of rotatable bonds is 4. The van der Waals surface area contributed by atoms with E-state index in [-0.39, 0.29) is 11.5 Å². The third kappa shape index (κ3) is 3.26. The van der Waals surface area contributed by atoms with Gasteiger partial charge < -0.3 is 4.84 Å². The molecular formula is C9H12FNO3S. The molecule has 0 radical (unpaired) electrons. The van der Waals surface area contributed by atoms with E-state index in [1.807, 2.05) is 0 Å². The third-order valence-corrected chi connectivity index (χ3v) is 3.03. The van der Waals surface area contributed by atoms with Crippen LogP contribution in [0.5, 0.6) is 0 Å². The van der Waals surface area contributed by atoms with Crippen molar-refractivity contribution in [1.29, 1.82) is 0 Å². The summed E-state index contributed by atoms with van der Waals surface area (Å²) < 4.78 is 35.5. The van der Waals surface area contributed by atoms with E-state index in [1.54, 1.807) is 6.07 Å². The Balaban J connectivity index is 2.99. The Morgan fingerprint density at radius 1 is 1.47 bits per heavy atom. The Morgan fingerprint density at radius 3 is 2.60 bits per heavy atom. The molecule has 2 N–H and O–H groups in total. The quantitative estimate of drug-likeness (QED) is 0.776. The maximum absolute atomic E-state index is 13.3. The summed E-state index contributed by atoms with van der Waals surface area (Å²) in [6.07, 6.45) is 1.41. The van der Waals surface area contributed by atoms with Crippen molar-refractivity contribution in [3.05, 3.63) is 29.6 Å². The van der Waals surface area contributed by atoms with Crippen LogP contribution < -0.4 is 5.90 Å². The van der Waals surface area contributed by atoms with Crippen molar-refractivity contribution in [2.75, 3.05) is 12.9 Å². The maximum Gasteiger partial charge on any atom is 0.178 e. The number of hydrogen-bond donors (Lipinski definition) is 1. The summed E-state index contributed by atoms with van der Waals surface area (Å²) >= 11 is 0. The molecular weight excluding hydrogens is 221 g/mol. The van der Waals surface area contributed by atoms with Gasteiger partial charge in [0.1, 0.15) is 10.7 Å². The van der Waals surface area contributed by atoms with Crippen LogP contribution in [0.1, 0.15) is 5.56 Å². The summed E-state index contributed by atoms with van der Waals surface area (Å²) in [4.78, 5) is 4.05. The van der Waals surface area contributed by atoms with E-state index < -0.39 is 15.7 Å². The van der Waals surface area contributed by atoms with Crippen LogP contribution in [0.3, 0.4) is 0 Å². The summed E-state index contributed by atoms with van der Waals surface area (Å²) in [5.41, 5.74) is 0.644. The van der Waals surface area contributed by atoms with Gasteiger partial charge in [0, 0.05) is 6.26 Å². The molecule has 6 heteroatoms. The molecule has 0 fully saturated rings. The lowest BCUT2D eigenvalue weighted by Gasteiger charge is -2.03. The summed E-state index contributed by atoms with van der Waals surface area (Å²) in [7, 11) is -3.50. The average molecular weight is 233 g/mol. The topological polar surface area (TPSA) is 69.4 Å². The van der Waals surface area contributed by atoms with Crippen molar-refractivity contribution in [3.63, 3.8) is 0 Å². The lowest BCUT2D eigenvalue weighted by Crippen LogP contribution is -2.05. The van der Waals surface area contributed by atoms with Gasteiger partial charge in [0.2, 0.25) is 0 Å². The van der Waals surface area contributed by atoms with Crippen molar-refractivity contribution in [3.8, 4) is 0 Å². The zero-order chi connectivity index (χ0) is 11.5. The van der Waals surface area contributed by atoms with Gasteiger partial charge in [-0.2, -0.15) is 0 Å².